The van der Waals surface area contributed by atoms with E-state index in [1.54, 1.807) is 6.07 Å². The molecule has 2 aromatic rings. The van der Waals surface area contributed by atoms with E-state index in [-0.39, 0.29) is 23.4 Å². The molecule has 1 N–H and O–H groups in total. The van der Waals surface area contributed by atoms with Gasteiger partial charge < -0.3 is 19.7 Å². The van der Waals surface area contributed by atoms with Crippen LogP contribution in [-0.4, -0.2) is 69.7 Å². The maximum atomic E-state index is 13.0. The Kier molecular flexibility index (Phi) is 7.77. The molecule has 0 aromatic heterocycles. The molecule has 0 aliphatic carbocycles. The number of nitrogens with one attached hydrogen (secondary N) is 1. The van der Waals surface area contributed by atoms with Gasteiger partial charge in [-0.05, 0) is 36.4 Å². The van der Waals surface area contributed by atoms with E-state index < -0.39 is 29.6 Å². The number of piperazine rings is 1. The lowest BCUT2D eigenvalue weighted by atomic mass is 10.1. The van der Waals surface area contributed by atoms with Gasteiger partial charge in [0.1, 0.15) is 0 Å². The van der Waals surface area contributed by atoms with Crippen molar-refractivity contribution in [2.45, 2.75) is 6.18 Å². The predicted molar refractivity (Wildman–Crippen MR) is 118 cm³/mol. The number of hydrogen-bond donors (Lipinski definition) is 1. The van der Waals surface area contributed by atoms with E-state index in [1.807, 2.05) is 9.80 Å². The van der Waals surface area contributed by atoms with Crippen molar-refractivity contribution < 1.29 is 37.0 Å². The largest absolute Gasteiger partial charge is 0.465 e. The summed E-state index contributed by atoms with van der Waals surface area (Å²) in [5.41, 5.74) is 0.115. The Balaban J connectivity index is 1.63. The van der Waals surface area contributed by atoms with Gasteiger partial charge in [-0.15, -0.1) is 0 Å². The van der Waals surface area contributed by atoms with E-state index in [2.05, 4.69) is 10.1 Å². The molecule has 0 spiro atoms. The van der Waals surface area contributed by atoms with E-state index >= 15 is 0 Å². The molecule has 2 aromatic carbocycles. The summed E-state index contributed by atoms with van der Waals surface area (Å²) in [7, 11) is 2.42. The maximum absolute atomic E-state index is 13.0. The molecule has 1 aliphatic rings. The molecule has 3 rings (SSSR count). The van der Waals surface area contributed by atoms with Gasteiger partial charge >= 0.3 is 18.1 Å². The third-order valence-corrected chi connectivity index (χ3v) is 5.40. The molecular weight excluding hydrogens is 455 g/mol. The molecule has 1 aliphatic heterocycles. The predicted octanol–water partition coefficient (Wildman–Crippen LogP) is 3.04. The second kappa shape index (κ2) is 10.6. The fraction of sp³-hybridized carbons (Fsp3) is 0.348. The molecule has 0 saturated carbocycles. The number of carbonyl (C=O) groups excluding carboxylic acids is 3. The van der Waals surface area contributed by atoms with Crippen LogP contribution in [0.1, 0.15) is 26.3 Å². The molecule has 1 fully saturated rings. The zero-order valence-electron chi connectivity index (χ0n) is 18.6. The van der Waals surface area contributed by atoms with Crippen molar-refractivity contribution in [3.8, 4) is 0 Å². The Labute approximate surface area is 194 Å². The highest BCUT2D eigenvalue weighted by Gasteiger charge is 2.31. The molecule has 0 radical (unpaired) electrons. The van der Waals surface area contributed by atoms with E-state index in [0.717, 1.165) is 12.1 Å². The summed E-state index contributed by atoms with van der Waals surface area (Å²) in [5.74, 6) is -1.72. The zero-order valence-corrected chi connectivity index (χ0v) is 18.6. The van der Waals surface area contributed by atoms with Gasteiger partial charge in [0.05, 0.1) is 43.1 Å². The highest BCUT2D eigenvalue weighted by molar-refractivity contribution is 6.03. The Morgan fingerprint density at radius 3 is 2.24 bits per heavy atom. The van der Waals surface area contributed by atoms with Gasteiger partial charge in [0.15, 0.2) is 0 Å². The Hall–Kier alpha value is -3.60. The van der Waals surface area contributed by atoms with Crippen molar-refractivity contribution in [2.24, 2.45) is 0 Å². The Morgan fingerprint density at radius 2 is 1.62 bits per heavy atom. The van der Waals surface area contributed by atoms with E-state index in [4.69, 9.17) is 4.74 Å². The molecule has 182 valence electrons. The molecule has 0 atom stereocenters. The van der Waals surface area contributed by atoms with Crippen LogP contribution in [0.3, 0.4) is 0 Å². The normalized spacial score (nSPS) is 14.4. The molecule has 1 heterocycles. The minimum Gasteiger partial charge on any atom is -0.465 e. The second-order valence-corrected chi connectivity index (χ2v) is 7.60. The summed E-state index contributed by atoms with van der Waals surface area (Å²) >= 11 is 0. The van der Waals surface area contributed by atoms with Crippen molar-refractivity contribution in [1.29, 1.82) is 0 Å². The van der Waals surface area contributed by atoms with Gasteiger partial charge in [-0.2, -0.15) is 13.2 Å². The number of nitrogens with zero attached hydrogens (tertiary/aromatic N) is 2. The van der Waals surface area contributed by atoms with Crippen LogP contribution < -0.4 is 10.2 Å². The first kappa shape index (κ1) is 25.0. The van der Waals surface area contributed by atoms with Gasteiger partial charge in [0.25, 0.3) is 0 Å². The molecule has 8 nitrogen and oxygen atoms in total. The summed E-state index contributed by atoms with van der Waals surface area (Å²) in [6, 6.07) is 9.23. The number of halogens is 3. The smallest absolute Gasteiger partial charge is 0.416 e. The molecule has 0 bridgehead atoms. The van der Waals surface area contributed by atoms with E-state index in [0.29, 0.717) is 31.9 Å². The van der Waals surface area contributed by atoms with E-state index in [1.165, 1.54) is 38.5 Å². The average Bonchev–Trinajstić information content (AvgIpc) is 2.83. The summed E-state index contributed by atoms with van der Waals surface area (Å²) in [6.07, 6.45) is -4.41. The lowest BCUT2D eigenvalue weighted by Gasteiger charge is -2.36. The zero-order chi connectivity index (χ0) is 24.9. The fourth-order valence-corrected chi connectivity index (χ4v) is 3.62. The minimum atomic E-state index is -4.41. The molecule has 1 amide bonds. The van der Waals surface area contributed by atoms with Crippen LogP contribution in [0.15, 0.2) is 42.5 Å². The van der Waals surface area contributed by atoms with Crippen molar-refractivity contribution in [3.63, 3.8) is 0 Å². The standard InChI is InChI=1S/C23H24F3N3O5/c1-33-21(31)15-6-7-18(22(32)34-2)19(12-15)27-20(30)14-28-8-10-29(11-9-28)17-5-3-4-16(13-17)23(24,25)26/h3-7,12-13H,8-11,14H2,1-2H3,(H,27,30). The van der Waals surface area contributed by atoms with Gasteiger partial charge in [0, 0.05) is 31.9 Å². The molecule has 1 saturated heterocycles. The summed E-state index contributed by atoms with van der Waals surface area (Å²) in [5, 5.41) is 2.63. The first-order valence-electron chi connectivity index (χ1n) is 10.4. The lowest BCUT2D eigenvalue weighted by molar-refractivity contribution is -0.137. The first-order valence-corrected chi connectivity index (χ1v) is 10.4. The maximum Gasteiger partial charge on any atom is 0.416 e. The average molecular weight is 479 g/mol. The van der Waals surface area contributed by atoms with E-state index in [9.17, 15) is 27.6 Å². The number of methoxy groups -OCH3 is 2. The SMILES string of the molecule is COC(=O)c1ccc(C(=O)OC)c(NC(=O)CN2CCN(c3cccc(C(F)(F)F)c3)CC2)c1. The third kappa shape index (κ3) is 6.04. The van der Waals surface area contributed by atoms with Crippen molar-refractivity contribution in [2.75, 3.05) is 57.2 Å². The third-order valence-electron chi connectivity index (χ3n) is 5.40. The number of alkyl halides is 3. The summed E-state index contributed by atoms with van der Waals surface area (Å²) in [4.78, 5) is 40.2. The van der Waals surface area contributed by atoms with Gasteiger partial charge in [0.2, 0.25) is 5.91 Å². The molecule has 0 unspecified atom stereocenters. The quantitative estimate of drug-likeness (QED) is 0.638. The fourth-order valence-electron chi connectivity index (χ4n) is 3.62. The number of benzene rings is 2. The van der Waals surface area contributed by atoms with Crippen LogP contribution in [0.5, 0.6) is 0 Å². The number of anilines is 2. The van der Waals surface area contributed by atoms with Crippen LogP contribution in [0, 0.1) is 0 Å². The minimum absolute atomic E-state index is 0.000501. The van der Waals surface area contributed by atoms with Crippen LogP contribution in [0.4, 0.5) is 24.5 Å². The molecule has 34 heavy (non-hydrogen) atoms. The van der Waals surface area contributed by atoms with Crippen molar-refractivity contribution in [3.05, 3.63) is 59.2 Å². The van der Waals surface area contributed by atoms with Gasteiger partial charge in [-0.1, -0.05) is 6.07 Å². The number of hydrogen-bond acceptors (Lipinski definition) is 7. The summed E-state index contributed by atoms with van der Waals surface area (Å²) < 4.78 is 48.4. The number of rotatable bonds is 6. The first-order chi connectivity index (χ1) is 16.1. The highest BCUT2D eigenvalue weighted by atomic mass is 19.4. The summed E-state index contributed by atoms with van der Waals surface area (Å²) in [6.45, 7) is 1.80. The topological polar surface area (TPSA) is 88.2 Å². The molecular formula is C23H24F3N3O5. The number of carbonyl (C=O) groups is 3. The Bertz CT molecular complexity index is 1070. The van der Waals surface area contributed by atoms with Crippen LogP contribution in [0.25, 0.3) is 0 Å². The van der Waals surface area contributed by atoms with Gasteiger partial charge in [-0.3, -0.25) is 9.69 Å². The van der Waals surface area contributed by atoms with Crippen LogP contribution >= 0.6 is 0 Å². The lowest BCUT2D eigenvalue weighted by Crippen LogP contribution is -2.48. The number of amides is 1. The highest BCUT2D eigenvalue weighted by Crippen LogP contribution is 2.32. The van der Waals surface area contributed by atoms with Gasteiger partial charge in [-0.25, -0.2) is 9.59 Å². The van der Waals surface area contributed by atoms with Crippen molar-refractivity contribution in [1.82, 2.24) is 4.90 Å². The van der Waals surface area contributed by atoms with Crippen LogP contribution in [0.2, 0.25) is 0 Å². The second-order valence-electron chi connectivity index (χ2n) is 7.60. The molecule has 11 heteroatoms. The Morgan fingerprint density at radius 1 is 0.941 bits per heavy atom. The number of ether oxygens (including phenoxy) is 2. The monoisotopic (exact) mass is 479 g/mol. The van der Waals surface area contributed by atoms with Crippen LogP contribution in [-0.2, 0) is 20.4 Å². The number of esters is 2. The van der Waals surface area contributed by atoms with Crippen molar-refractivity contribution >= 4 is 29.2 Å².